The van der Waals surface area contributed by atoms with Crippen LogP contribution in [0.5, 0.6) is 0 Å². The number of amides is 1. The molecule has 0 bridgehead atoms. The molecule has 1 unspecified atom stereocenters. The molecule has 1 aliphatic rings. The molecule has 0 spiro atoms. The zero-order valence-corrected chi connectivity index (χ0v) is 18.6. The molecule has 4 heterocycles. The summed E-state index contributed by atoms with van der Waals surface area (Å²) in [4.78, 5) is 28.8. The van der Waals surface area contributed by atoms with Gasteiger partial charge in [-0.05, 0) is 50.6 Å². The minimum Gasteiger partial charge on any atom is -0.307 e. The smallest absolute Gasteiger partial charge is 0.256 e. The van der Waals surface area contributed by atoms with E-state index in [1.54, 1.807) is 12.3 Å². The number of nitrogens with zero attached hydrogens (tertiary/aromatic N) is 5. The quantitative estimate of drug-likeness (QED) is 0.443. The summed E-state index contributed by atoms with van der Waals surface area (Å²) in [6.07, 6.45) is 9.64. The molecule has 1 amide bonds. The van der Waals surface area contributed by atoms with Crippen LogP contribution in [0.4, 0.5) is 5.82 Å². The summed E-state index contributed by atoms with van der Waals surface area (Å²) >= 11 is 0. The Morgan fingerprint density at radius 2 is 2.03 bits per heavy atom. The number of rotatable bonds is 6. The Balaban J connectivity index is 1.50. The van der Waals surface area contributed by atoms with Crippen LogP contribution >= 0.6 is 0 Å². The monoisotopic (exact) mass is 438 g/mol. The van der Waals surface area contributed by atoms with Crippen molar-refractivity contribution in [1.82, 2.24) is 24.3 Å². The van der Waals surface area contributed by atoms with E-state index in [0.717, 1.165) is 54.2 Å². The Kier molecular flexibility index (Phi) is 5.71. The van der Waals surface area contributed by atoms with Gasteiger partial charge in [-0.25, -0.2) is 9.97 Å². The predicted octanol–water partition coefficient (Wildman–Crippen LogP) is 4.67. The Labute approximate surface area is 192 Å². The van der Waals surface area contributed by atoms with E-state index >= 15 is 0 Å². The van der Waals surface area contributed by atoms with Gasteiger partial charge in [-0.2, -0.15) is 0 Å². The van der Waals surface area contributed by atoms with Gasteiger partial charge in [-0.3, -0.25) is 19.1 Å². The normalized spacial score (nSPS) is 16.2. The van der Waals surface area contributed by atoms with Gasteiger partial charge < -0.3 is 5.32 Å². The number of carbonyl (C=O) groups excluding carboxylic acids is 1. The summed E-state index contributed by atoms with van der Waals surface area (Å²) in [7, 11) is 0. The van der Waals surface area contributed by atoms with Crippen LogP contribution < -0.4 is 5.32 Å². The SMILES string of the molecule is C=CCN1CCCC1c1nc(-c2ccc(C(=O)Nc3ccccn3)cc2)c2c(C)nccn12. The number of pyridine rings is 1. The number of fused-ring (bicyclic) bond motifs is 1. The molecule has 1 fully saturated rings. The van der Waals surface area contributed by atoms with Crippen molar-refractivity contribution in [1.29, 1.82) is 0 Å². The summed E-state index contributed by atoms with van der Waals surface area (Å²) < 4.78 is 2.17. The molecule has 4 aromatic rings. The van der Waals surface area contributed by atoms with Crippen LogP contribution in [0.3, 0.4) is 0 Å². The molecular weight excluding hydrogens is 412 g/mol. The van der Waals surface area contributed by atoms with Gasteiger partial charge in [0.1, 0.15) is 11.6 Å². The fraction of sp³-hybridized carbons (Fsp3) is 0.231. The Morgan fingerprint density at radius 1 is 1.18 bits per heavy atom. The number of hydrogen-bond acceptors (Lipinski definition) is 5. The third-order valence-corrected chi connectivity index (χ3v) is 6.12. The number of aryl methyl sites for hydroxylation is 1. The zero-order valence-electron chi connectivity index (χ0n) is 18.6. The lowest BCUT2D eigenvalue weighted by molar-refractivity contribution is 0.102. The van der Waals surface area contributed by atoms with Crippen LogP contribution in [0.1, 0.15) is 40.8 Å². The van der Waals surface area contributed by atoms with Gasteiger partial charge in [0.2, 0.25) is 0 Å². The van der Waals surface area contributed by atoms with Crippen LogP contribution in [0.2, 0.25) is 0 Å². The van der Waals surface area contributed by atoms with E-state index in [0.29, 0.717) is 11.4 Å². The number of benzene rings is 1. The van der Waals surface area contributed by atoms with E-state index in [1.807, 2.05) is 61.8 Å². The van der Waals surface area contributed by atoms with E-state index in [-0.39, 0.29) is 11.9 Å². The van der Waals surface area contributed by atoms with E-state index in [2.05, 4.69) is 31.2 Å². The topological polar surface area (TPSA) is 75.4 Å². The third-order valence-electron chi connectivity index (χ3n) is 6.12. The molecule has 1 atom stereocenters. The molecule has 0 radical (unpaired) electrons. The van der Waals surface area contributed by atoms with Gasteiger partial charge in [0.15, 0.2) is 0 Å². The maximum Gasteiger partial charge on any atom is 0.256 e. The van der Waals surface area contributed by atoms with Gasteiger partial charge in [0, 0.05) is 36.3 Å². The molecule has 7 heteroatoms. The first-order valence-electron chi connectivity index (χ1n) is 11.2. The molecule has 1 N–H and O–H groups in total. The largest absolute Gasteiger partial charge is 0.307 e. The molecule has 0 aliphatic carbocycles. The maximum atomic E-state index is 12.6. The maximum absolute atomic E-state index is 12.6. The first-order chi connectivity index (χ1) is 16.2. The van der Waals surface area contributed by atoms with E-state index in [9.17, 15) is 4.79 Å². The lowest BCUT2D eigenvalue weighted by Crippen LogP contribution is -2.24. The Bertz CT molecular complexity index is 1300. The first kappa shape index (κ1) is 21.0. The highest BCUT2D eigenvalue weighted by molar-refractivity contribution is 6.04. The van der Waals surface area contributed by atoms with Gasteiger partial charge in [-0.15, -0.1) is 6.58 Å². The summed E-state index contributed by atoms with van der Waals surface area (Å²) in [6.45, 7) is 7.82. The lowest BCUT2D eigenvalue weighted by Gasteiger charge is -2.21. The fourth-order valence-corrected chi connectivity index (χ4v) is 4.56. The highest BCUT2D eigenvalue weighted by atomic mass is 16.1. The van der Waals surface area contributed by atoms with E-state index in [1.165, 1.54) is 0 Å². The van der Waals surface area contributed by atoms with E-state index in [4.69, 9.17) is 4.98 Å². The molecule has 1 aromatic carbocycles. The van der Waals surface area contributed by atoms with Crippen molar-refractivity contribution in [3.8, 4) is 11.3 Å². The molecule has 0 saturated carbocycles. The standard InChI is InChI=1S/C26H26N6O/c1-3-15-31-16-6-7-21(31)25-30-23(24-18(2)27-14-17-32(24)25)19-9-11-20(12-10-19)26(33)29-22-8-4-5-13-28-22/h3-5,8-14,17,21H,1,6-7,15-16H2,2H3,(H,28,29,33). The first-order valence-corrected chi connectivity index (χ1v) is 11.2. The lowest BCUT2D eigenvalue weighted by atomic mass is 10.1. The second-order valence-electron chi connectivity index (χ2n) is 8.24. The molecule has 166 valence electrons. The van der Waals surface area contributed by atoms with Crippen LogP contribution in [-0.2, 0) is 0 Å². The molecule has 1 saturated heterocycles. The summed E-state index contributed by atoms with van der Waals surface area (Å²) in [6, 6.07) is 13.2. The fourth-order valence-electron chi connectivity index (χ4n) is 4.56. The minimum absolute atomic E-state index is 0.195. The summed E-state index contributed by atoms with van der Waals surface area (Å²) in [5, 5.41) is 2.82. The molecular formula is C26H26N6O. The van der Waals surface area contributed by atoms with Crippen molar-refractivity contribution in [3.05, 3.63) is 90.8 Å². The van der Waals surface area contributed by atoms with Crippen LogP contribution in [0, 0.1) is 6.92 Å². The van der Waals surface area contributed by atoms with Crippen molar-refractivity contribution in [2.24, 2.45) is 0 Å². The molecule has 1 aliphatic heterocycles. The molecule has 3 aromatic heterocycles. The number of carbonyl (C=O) groups is 1. The van der Waals surface area contributed by atoms with Crippen molar-refractivity contribution in [2.75, 3.05) is 18.4 Å². The van der Waals surface area contributed by atoms with E-state index < -0.39 is 0 Å². The van der Waals surface area contributed by atoms with Crippen LogP contribution in [0.15, 0.2) is 73.7 Å². The number of aromatic nitrogens is 4. The van der Waals surface area contributed by atoms with Crippen molar-refractivity contribution >= 4 is 17.2 Å². The summed E-state index contributed by atoms with van der Waals surface area (Å²) in [5.41, 5.74) is 4.34. The highest BCUT2D eigenvalue weighted by Crippen LogP contribution is 2.35. The highest BCUT2D eigenvalue weighted by Gasteiger charge is 2.30. The minimum atomic E-state index is -0.195. The van der Waals surface area contributed by atoms with Crippen LogP contribution in [-0.4, -0.2) is 43.2 Å². The van der Waals surface area contributed by atoms with Gasteiger partial charge in [0.05, 0.1) is 22.9 Å². The third kappa shape index (κ3) is 4.03. The average molecular weight is 439 g/mol. The van der Waals surface area contributed by atoms with Crippen molar-refractivity contribution in [2.45, 2.75) is 25.8 Å². The predicted molar refractivity (Wildman–Crippen MR) is 129 cm³/mol. The second-order valence-corrected chi connectivity index (χ2v) is 8.24. The Hall–Kier alpha value is -3.84. The van der Waals surface area contributed by atoms with Gasteiger partial charge in [0.25, 0.3) is 5.91 Å². The Morgan fingerprint density at radius 3 is 2.79 bits per heavy atom. The number of nitrogens with one attached hydrogen (secondary N) is 1. The zero-order chi connectivity index (χ0) is 22.8. The number of hydrogen-bond donors (Lipinski definition) is 1. The second kappa shape index (κ2) is 8.96. The molecule has 5 rings (SSSR count). The molecule has 33 heavy (non-hydrogen) atoms. The van der Waals surface area contributed by atoms with Crippen LogP contribution in [0.25, 0.3) is 16.8 Å². The number of anilines is 1. The van der Waals surface area contributed by atoms with Crippen molar-refractivity contribution < 1.29 is 4.79 Å². The van der Waals surface area contributed by atoms with Gasteiger partial charge in [-0.1, -0.05) is 24.3 Å². The molecule has 7 nitrogen and oxygen atoms in total. The number of likely N-dealkylation sites (tertiary alicyclic amines) is 1. The number of imidazole rings is 1. The van der Waals surface area contributed by atoms with Crippen molar-refractivity contribution in [3.63, 3.8) is 0 Å². The summed E-state index contributed by atoms with van der Waals surface area (Å²) in [5.74, 6) is 1.36. The van der Waals surface area contributed by atoms with Gasteiger partial charge >= 0.3 is 0 Å². The average Bonchev–Trinajstić information content (AvgIpc) is 3.45.